The van der Waals surface area contributed by atoms with Crippen LogP contribution in [0.4, 0.5) is 5.95 Å². The highest BCUT2D eigenvalue weighted by Gasteiger charge is 2.19. The molecule has 0 atom stereocenters. The van der Waals surface area contributed by atoms with Gasteiger partial charge in [0.1, 0.15) is 0 Å². The van der Waals surface area contributed by atoms with Crippen molar-refractivity contribution in [3.05, 3.63) is 17.5 Å². The summed E-state index contributed by atoms with van der Waals surface area (Å²) in [6, 6.07) is 2.03. The molecule has 2 rings (SSSR count). The molecule has 21 heavy (non-hydrogen) atoms. The molecule has 6 nitrogen and oxygen atoms in total. The molecule has 0 amide bonds. The summed E-state index contributed by atoms with van der Waals surface area (Å²) in [6.07, 6.45) is 0.932. The van der Waals surface area contributed by atoms with Crippen LogP contribution in [0.2, 0.25) is 0 Å². The van der Waals surface area contributed by atoms with Crippen molar-refractivity contribution >= 4 is 11.9 Å². The first-order valence-electron chi connectivity index (χ1n) is 7.50. The lowest BCUT2D eigenvalue weighted by atomic mass is 10.1. The molecule has 0 aromatic carbocycles. The van der Waals surface area contributed by atoms with Gasteiger partial charge in [0.15, 0.2) is 0 Å². The van der Waals surface area contributed by atoms with Gasteiger partial charge >= 0.3 is 5.97 Å². The summed E-state index contributed by atoms with van der Waals surface area (Å²) in [6.45, 7) is 9.55. The lowest BCUT2D eigenvalue weighted by Crippen LogP contribution is -2.34. The zero-order valence-electron chi connectivity index (χ0n) is 13.0. The Balaban J connectivity index is 2.10. The van der Waals surface area contributed by atoms with Gasteiger partial charge in [0, 0.05) is 37.6 Å². The molecule has 1 aromatic heterocycles. The van der Waals surface area contributed by atoms with E-state index in [0.717, 1.165) is 49.9 Å². The second kappa shape index (κ2) is 6.85. The van der Waals surface area contributed by atoms with Crippen LogP contribution in [0.25, 0.3) is 0 Å². The summed E-state index contributed by atoms with van der Waals surface area (Å²) in [4.78, 5) is 24.2. The number of aliphatic carboxylic acids is 1. The van der Waals surface area contributed by atoms with Crippen molar-refractivity contribution in [3.63, 3.8) is 0 Å². The number of nitrogens with zero attached hydrogens (tertiary/aromatic N) is 4. The average Bonchev–Trinajstić information content (AvgIpc) is 2.63. The van der Waals surface area contributed by atoms with Gasteiger partial charge < -0.3 is 10.0 Å². The second-order valence-electron chi connectivity index (χ2n) is 5.90. The van der Waals surface area contributed by atoms with Crippen LogP contribution in [-0.4, -0.2) is 58.7 Å². The van der Waals surface area contributed by atoms with Gasteiger partial charge in [0.2, 0.25) is 5.95 Å². The zero-order valence-corrected chi connectivity index (χ0v) is 13.0. The monoisotopic (exact) mass is 292 g/mol. The van der Waals surface area contributed by atoms with Gasteiger partial charge in [-0.05, 0) is 25.3 Å². The van der Waals surface area contributed by atoms with Gasteiger partial charge in [-0.3, -0.25) is 9.69 Å². The number of aryl methyl sites for hydroxylation is 1. The molecule has 1 N–H and O–H groups in total. The summed E-state index contributed by atoms with van der Waals surface area (Å²) >= 11 is 0. The van der Waals surface area contributed by atoms with E-state index in [1.807, 2.05) is 17.9 Å². The van der Waals surface area contributed by atoms with Gasteiger partial charge in [0.25, 0.3) is 0 Å². The molecule has 1 fully saturated rings. The van der Waals surface area contributed by atoms with Crippen molar-refractivity contribution in [2.45, 2.75) is 33.1 Å². The van der Waals surface area contributed by atoms with E-state index in [0.29, 0.717) is 5.92 Å². The highest BCUT2D eigenvalue weighted by atomic mass is 16.4. The van der Waals surface area contributed by atoms with E-state index in [1.54, 1.807) is 0 Å². The summed E-state index contributed by atoms with van der Waals surface area (Å²) in [7, 11) is 0. The number of aromatic nitrogens is 2. The molecular weight excluding hydrogens is 268 g/mol. The largest absolute Gasteiger partial charge is 0.480 e. The van der Waals surface area contributed by atoms with E-state index in [9.17, 15) is 4.79 Å². The molecule has 2 heterocycles. The van der Waals surface area contributed by atoms with Crippen LogP contribution in [-0.2, 0) is 4.79 Å². The number of rotatable bonds is 4. The van der Waals surface area contributed by atoms with E-state index in [1.165, 1.54) is 0 Å². The summed E-state index contributed by atoms with van der Waals surface area (Å²) in [5.74, 6) is 0.383. The highest BCUT2D eigenvalue weighted by Crippen LogP contribution is 2.18. The molecule has 0 bridgehead atoms. The summed E-state index contributed by atoms with van der Waals surface area (Å²) in [5, 5.41) is 8.89. The maximum atomic E-state index is 10.8. The molecule has 0 spiro atoms. The minimum absolute atomic E-state index is 0.111. The quantitative estimate of drug-likeness (QED) is 0.907. The number of hydrogen-bond acceptors (Lipinski definition) is 5. The normalized spacial score (nSPS) is 17.0. The number of anilines is 1. The first-order chi connectivity index (χ1) is 9.95. The fourth-order valence-corrected chi connectivity index (χ4v) is 2.53. The Morgan fingerprint density at radius 1 is 1.29 bits per heavy atom. The Hall–Kier alpha value is -1.69. The minimum atomic E-state index is -0.766. The number of carboxylic acids is 1. The first-order valence-corrected chi connectivity index (χ1v) is 7.50. The van der Waals surface area contributed by atoms with Crippen molar-refractivity contribution in [3.8, 4) is 0 Å². The number of carbonyl (C=O) groups is 1. The predicted octanol–water partition coefficient (Wildman–Crippen LogP) is 1.51. The van der Waals surface area contributed by atoms with Gasteiger partial charge in [-0.15, -0.1) is 0 Å². The molecule has 0 saturated carbocycles. The highest BCUT2D eigenvalue weighted by molar-refractivity contribution is 5.69. The third-order valence-electron chi connectivity index (χ3n) is 3.68. The van der Waals surface area contributed by atoms with E-state index in [-0.39, 0.29) is 6.54 Å². The Bertz CT molecular complexity index is 504. The zero-order chi connectivity index (χ0) is 15.4. The fourth-order valence-electron chi connectivity index (χ4n) is 2.53. The maximum Gasteiger partial charge on any atom is 0.317 e. The molecule has 1 aliphatic rings. The molecule has 0 unspecified atom stereocenters. The van der Waals surface area contributed by atoms with Crippen LogP contribution >= 0.6 is 0 Å². The molecule has 1 aliphatic heterocycles. The maximum absolute atomic E-state index is 10.8. The predicted molar refractivity (Wildman–Crippen MR) is 81.8 cm³/mol. The Labute approximate surface area is 125 Å². The van der Waals surface area contributed by atoms with Crippen molar-refractivity contribution in [2.24, 2.45) is 0 Å². The average molecular weight is 292 g/mol. The smallest absolute Gasteiger partial charge is 0.317 e. The Morgan fingerprint density at radius 3 is 2.71 bits per heavy atom. The fraction of sp³-hybridized carbons (Fsp3) is 0.667. The number of hydrogen-bond donors (Lipinski definition) is 1. The van der Waals surface area contributed by atoms with Crippen molar-refractivity contribution in [1.82, 2.24) is 14.9 Å². The van der Waals surface area contributed by atoms with E-state index < -0.39 is 5.97 Å². The van der Waals surface area contributed by atoms with Crippen molar-refractivity contribution < 1.29 is 9.90 Å². The lowest BCUT2D eigenvalue weighted by Gasteiger charge is -2.22. The van der Waals surface area contributed by atoms with Crippen LogP contribution in [0.15, 0.2) is 6.07 Å². The minimum Gasteiger partial charge on any atom is -0.480 e. The molecule has 0 radical (unpaired) electrons. The van der Waals surface area contributed by atoms with Crippen LogP contribution in [0.1, 0.15) is 37.6 Å². The van der Waals surface area contributed by atoms with Crippen molar-refractivity contribution in [2.75, 3.05) is 37.6 Å². The van der Waals surface area contributed by atoms with Crippen molar-refractivity contribution in [1.29, 1.82) is 0 Å². The summed E-state index contributed by atoms with van der Waals surface area (Å²) < 4.78 is 0. The topological polar surface area (TPSA) is 69.6 Å². The molecule has 1 aromatic rings. The summed E-state index contributed by atoms with van der Waals surface area (Å²) in [5.41, 5.74) is 2.04. The van der Waals surface area contributed by atoms with Gasteiger partial charge in [-0.1, -0.05) is 13.8 Å². The van der Waals surface area contributed by atoms with E-state index in [4.69, 9.17) is 5.11 Å². The van der Waals surface area contributed by atoms with E-state index >= 15 is 0 Å². The number of carboxylic acid groups (broad SMARTS) is 1. The van der Waals surface area contributed by atoms with Gasteiger partial charge in [-0.2, -0.15) is 0 Å². The van der Waals surface area contributed by atoms with Gasteiger partial charge in [0.05, 0.1) is 6.54 Å². The SMILES string of the molecule is Cc1cc(C(C)C)nc(N2CCCN(CC(=O)O)CC2)n1. The van der Waals surface area contributed by atoms with Crippen LogP contribution in [0, 0.1) is 6.92 Å². The molecule has 0 aliphatic carbocycles. The standard InChI is InChI=1S/C15H24N4O2/c1-11(2)13-9-12(3)16-15(17-13)19-6-4-5-18(7-8-19)10-14(20)21/h9,11H,4-8,10H2,1-3H3,(H,20,21). The third kappa shape index (κ3) is 4.39. The molecule has 1 saturated heterocycles. The third-order valence-corrected chi connectivity index (χ3v) is 3.68. The van der Waals surface area contributed by atoms with Crippen LogP contribution in [0.5, 0.6) is 0 Å². The van der Waals surface area contributed by atoms with Crippen LogP contribution in [0.3, 0.4) is 0 Å². The Kier molecular flexibility index (Phi) is 5.12. The lowest BCUT2D eigenvalue weighted by molar-refractivity contribution is -0.138. The second-order valence-corrected chi connectivity index (χ2v) is 5.90. The first kappa shape index (κ1) is 15.7. The molecular formula is C15H24N4O2. The molecule has 6 heteroatoms. The van der Waals surface area contributed by atoms with E-state index in [2.05, 4.69) is 28.7 Å². The van der Waals surface area contributed by atoms with Gasteiger partial charge in [-0.25, -0.2) is 9.97 Å². The molecule has 116 valence electrons. The Morgan fingerprint density at radius 2 is 2.05 bits per heavy atom. The van der Waals surface area contributed by atoms with Crippen LogP contribution < -0.4 is 4.90 Å².